The lowest BCUT2D eigenvalue weighted by molar-refractivity contribution is 0.348. The van der Waals surface area contributed by atoms with E-state index in [1.54, 1.807) is 0 Å². The lowest BCUT2D eigenvalue weighted by Crippen LogP contribution is -2.48. The number of nitrogens with zero attached hydrogens (tertiary/aromatic N) is 1. The Bertz CT molecular complexity index is 419. The zero-order valence-electron chi connectivity index (χ0n) is 18.9. The van der Waals surface area contributed by atoms with Gasteiger partial charge in [0.15, 0.2) is 0 Å². The van der Waals surface area contributed by atoms with Crippen LogP contribution in [0.1, 0.15) is 110 Å². The highest BCUT2D eigenvalue weighted by Gasteiger charge is 2.31. The first-order chi connectivity index (χ1) is 13.8. The minimum Gasteiger partial charge on any atom is -0.370 e. The molecule has 0 saturated carbocycles. The van der Waals surface area contributed by atoms with Crippen molar-refractivity contribution in [3.8, 4) is 0 Å². The molecule has 0 aliphatic carbocycles. The van der Waals surface area contributed by atoms with Crippen LogP contribution in [0.3, 0.4) is 0 Å². The van der Waals surface area contributed by atoms with E-state index >= 15 is 0 Å². The van der Waals surface area contributed by atoms with Crippen molar-refractivity contribution in [1.29, 1.82) is 0 Å². The van der Waals surface area contributed by atoms with Gasteiger partial charge in [-0.3, -0.25) is 5.32 Å². The van der Waals surface area contributed by atoms with Crippen LogP contribution in [-0.2, 0) is 0 Å². The lowest BCUT2D eigenvalue weighted by Gasteiger charge is -2.24. The third kappa shape index (κ3) is 11.9. The number of hydrogen-bond acceptors (Lipinski definition) is 4. The first kappa shape index (κ1) is 25.2. The van der Waals surface area contributed by atoms with Gasteiger partial charge in [0, 0.05) is 19.5 Å². The fourth-order valence-electron chi connectivity index (χ4n) is 3.86. The van der Waals surface area contributed by atoms with Crippen LogP contribution in [-0.4, -0.2) is 31.1 Å². The van der Waals surface area contributed by atoms with Crippen LogP contribution in [0.25, 0.3) is 0 Å². The molecule has 0 aromatic rings. The van der Waals surface area contributed by atoms with Crippen LogP contribution in [0.5, 0.6) is 0 Å². The Morgan fingerprint density at radius 3 is 2.11 bits per heavy atom. The second-order valence-corrected chi connectivity index (χ2v) is 8.37. The molecular formula is C24H48N4. The first-order valence-corrected chi connectivity index (χ1v) is 12.2. The molecule has 28 heavy (non-hydrogen) atoms. The van der Waals surface area contributed by atoms with Crippen molar-refractivity contribution in [2.24, 2.45) is 10.7 Å². The maximum absolute atomic E-state index is 5.61. The summed E-state index contributed by atoms with van der Waals surface area (Å²) in [7, 11) is 0. The molecule has 0 spiro atoms. The van der Waals surface area contributed by atoms with E-state index in [-0.39, 0.29) is 5.66 Å². The summed E-state index contributed by atoms with van der Waals surface area (Å²) in [6, 6.07) is 0. The van der Waals surface area contributed by atoms with E-state index < -0.39 is 0 Å². The van der Waals surface area contributed by atoms with Crippen molar-refractivity contribution in [2.75, 3.05) is 19.6 Å². The molecule has 1 atom stereocenters. The van der Waals surface area contributed by atoms with Gasteiger partial charge in [-0.25, -0.2) is 4.99 Å². The zero-order chi connectivity index (χ0) is 20.3. The molecule has 4 nitrogen and oxygen atoms in total. The van der Waals surface area contributed by atoms with Gasteiger partial charge in [0.05, 0.1) is 6.54 Å². The summed E-state index contributed by atoms with van der Waals surface area (Å²) in [5.41, 5.74) is 5.47. The maximum Gasteiger partial charge on any atom is 0.129 e. The number of nitrogens with two attached hydrogens (primary N) is 1. The smallest absolute Gasteiger partial charge is 0.129 e. The highest BCUT2D eigenvalue weighted by atomic mass is 15.3. The Balaban J connectivity index is 1.95. The molecule has 1 heterocycles. The lowest BCUT2D eigenvalue weighted by atomic mass is 10.0. The molecule has 164 valence electrons. The summed E-state index contributed by atoms with van der Waals surface area (Å²) < 4.78 is 0. The molecule has 4 heteroatoms. The van der Waals surface area contributed by atoms with Gasteiger partial charge in [-0.1, -0.05) is 96.6 Å². The van der Waals surface area contributed by atoms with E-state index in [2.05, 4.69) is 36.6 Å². The largest absolute Gasteiger partial charge is 0.370 e. The molecule has 0 bridgehead atoms. The predicted octanol–water partition coefficient (Wildman–Crippen LogP) is 5.68. The average Bonchev–Trinajstić information content (AvgIpc) is 3.13. The van der Waals surface area contributed by atoms with Crippen molar-refractivity contribution in [3.63, 3.8) is 0 Å². The van der Waals surface area contributed by atoms with E-state index in [4.69, 9.17) is 10.7 Å². The number of unbranched alkanes of at least 4 members (excludes halogenated alkanes) is 12. The molecule has 1 unspecified atom stereocenters. The SMILES string of the molecule is CCCCCCCCCCCCCCC=CCC1=NC(CC)(NCCN)CN1. The number of nitrogens with one attached hydrogen (secondary N) is 2. The number of aliphatic imine (C=N–C) groups is 1. The maximum atomic E-state index is 5.61. The highest BCUT2D eigenvalue weighted by Crippen LogP contribution is 2.17. The van der Waals surface area contributed by atoms with Crippen molar-refractivity contribution in [1.82, 2.24) is 10.6 Å². The Hall–Kier alpha value is -0.870. The van der Waals surface area contributed by atoms with Gasteiger partial charge in [0.25, 0.3) is 0 Å². The van der Waals surface area contributed by atoms with E-state index in [0.717, 1.165) is 31.8 Å². The topological polar surface area (TPSA) is 62.4 Å². The predicted molar refractivity (Wildman–Crippen MR) is 125 cm³/mol. The Morgan fingerprint density at radius 1 is 0.929 bits per heavy atom. The van der Waals surface area contributed by atoms with Gasteiger partial charge in [0.1, 0.15) is 11.5 Å². The molecule has 1 rings (SSSR count). The van der Waals surface area contributed by atoms with Gasteiger partial charge in [-0.15, -0.1) is 0 Å². The van der Waals surface area contributed by atoms with E-state index in [1.807, 2.05) is 0 Å². The summed E-state index contributed by atoms with van der Waals surface area (Å²) in [5.74, 6) is 1.11. The summed E-state index contributed by atoms with van der Waals surface area (Å²) >= 11 is 0. The summed E-state index contributed by atoms with van der Waals surface area (Å²) in [6.07, 6.45) is 24.7. The van der Waals surface area contributed by atoms with E-state index in [0.29, 0.717) is 6.54 Å². The fraction of sp³-hybridized carbons (Fsp3) is 0.875. The molecule has 0 aromatic heterocycles. The normalized spacial score (nSPS) is 19.3. The van der Waals surface area contributed by atoms with Crippen molar-refractivity contribution < 1.29 is 0 Å². The highest BCUT2D eigenvalue weighted by molar-refractivity contribution is 5.85. The Morgan fingerprint density at radius 2 is 1.54 bits per heavy atom. The van der Waals surface area contributed by atoms with Gasteiger partial charge < -0.3 is 11.1 Å². The molecule has 0 saturated heterocycles. The second kappa shape index (κ2) is 17.0. The average molecular weight is 393 g/mol. The molecule has 0 fully saturated rings. The summed E-state index contributed by atoms with van der Waals surface area (Å²) in [6.45, 7) is 6.83. The van der Waals surface area contributed by atoms with Gasteiger partial charge >= 0.3 is 0 Å². The summed E-state index contributed by atoms with van der Waals surface area (Å²) in [4.78, 5) is 4.87. The van der Waals surface area contributed by atoms with Crippen LogP contribution < -0.4 is 16.4 Å². The minimum absolute atomic E-state index is 0.141. The third-order valence-electron chi connectivity index (χ3n) is 5.82. The van der Waals surface area contributed by atoms with Crippen LogP contribution >= 0.6 is 0 Å². The standard InChI is InChI=1S/C24H48N4/c1-3-5-6-7-8-9-10-11-12-13-14-15-16-17-18-19-23-26-22-24(4-2,28-23)27-21-20-25/h17-18,27H,3-16,19-22,25H2,1-2H3,(H,26,28). The quantitative estimate of drug-likeness (QED) is 0.196. The van der Waals surface area contributed by atoms with Gasteiger partial charge in [0.2, 0.25) is 0 Å². The second-order valence-electron chi connectivity index (χ2n) is 8.37. The van der Waals surface area contributed by atoms with E-state index in [9.17, 15) is 0 Å². The number of amidine groups is 1. The Labute approximate surface area is 175 Å². The molecule has 1 aliphatic heterocycles. The summed E-state index contributed by atoms with van der Waals surface area (Å²) in [5, 5.41) is 6.93. The Kier molecular flexibility index (Phi) is 15.3. The van der Waals surface area contributed by atoms with Crippen LogP contribution in [0.4, 0.5) is 0 Å². The first-order valence-electron chi connectivity index (χ1n) is 12.2. The van der Waals surface area contributed by atoms with Crippen LogP contribution in [0, 0.1) is 0 Å². The monoisotopic (exact) mass is 392 g/mol. The van der Waals surface area contributed by atoms with Gasteiger partial charge in [-0.2, -0.15) is 0 Å². The molecule has 0 radical (unpaired) electrons. The third-order valence-corrected chi connectivity index (χ3v) is 5.82. The fourth-order valence-corrected chi connectivity index (χ4v) is 3.86. The molecule has 4 N–H and O–H groups in total. The van der Waals surface area contributed by atoms with Crippen molar-refractivity contribution >= 4 is 5.84 Å². The molecule has 0 aromatic carbocycles. The van der Waals surface area contributed by atoms with Crippen LogP contribution in [0.2, 0.25) is 0 Å². The minimum atomic E-state index is -0.141. The molecular weight excluding hydrogens is 344 g/mol. The van der Waals surface area contributed by atoms with Crippen LogP contribution in [0.15, 0.2) is 17.1 Å². The number of rotatable bonds is 19. The molecule has 0 amide bonds. The number of allylic oxidation sites excluding steroid dienone is 1. The zero-order valence-corrected chi connectivity index (χ0v) is 18.9. The molecule has 1 aliphatic rings. The number of hydrogen-bond donors (Lipinski definition) is 3. The van der Waals surface area contributed by atoms with Crippen molar-refractivity contribution in [2.45, 2.75) is 116 Å². The van der Waals surface area contributed by atoms with Gasteiger partial charge in [-0.05, 0) is 19.3 Å². The van der Waals surface area contributed by atoms with E-state index in [1.165, 1.54) is 83.5 Å². The van der Waals surface area contributed by atoms with Crippen molar-refractivity contribution in [3.05, 3.63) is 12.2 Å².